The van der Waals surface area contributed by atoms with Crippen LogP contribution in [0.15, 0.2) is 47.1 Å². The Morgan fingerprint density at radius 3 is 2.95 bits per heavy atom. The van der Waals surface area contributed by atoms with Gasteiger partial charge in [0.05, 0.1) is 5.69 Å². The number of aromatic nitrogens is 1. The summed E-state index contributed by atoms with van der Waals surface area (Å²) in [5.41, 5.74) is 4.09. The molecule has 0 radical (unpaired) electrons. The van der Waals surface area contributed by atoms with E-state index < -0.39 is 0 Å². The van der Waals surface area contributed by atoms with Gasteiger partial charge in [0.2, 0.25) is 0 Å². The van der Waals surface area contributed by atoms with Crippen molar-refractivity contribution in [1.29, 1.82) is 0 Å². The fraction of sp³-hybridized carbons (Fsp3) is 0.353. The molecule has 2 aromatic rings. The molecule has 0 saturated heterocycles. The second kappa shape index (κ2) is 6.06. The van der Waals surface area contributed by atoms with Crippen molar-refractivity contribution in [2.24, 2.45) is 0 Å². The Morgan fingerprint density at radius 1 is 1.25 bits per heavy atom. The fourth-order valence-electron chi connectivity index (χ4n) is 2.94. The molecule has 1 aliphatic rings. The number of benzene rings is 1. The minimum absolute atomic E-state index is 0.304. The lowest BCUT2D eigenvalue weighted by Gasteiger charge is -2.28. The van der Waals surface area contributed by atoms with E-state index >= 15 is 0 Å². The van der Waals surface area contributed by atoms with Crippen LogP contribution in [0.3, 0.4) is 0 Å². The highest BCUT2D eigenvalue weighted by atomic mass is 79.9. The van der Waals surface area contributed by atoms with Crippen LogP contribution in [0.4, 0.5) is 0 Å². The molecule has 2 atom stereocenters. The smallest absolute Gasteiger partial charge is 0.0570 e. The molecule has 20 heavy (non-hydrogen) atoms. The Balaban J connectivity index is 1.67. The van der Waals surface area contributed by atoms with Crippen LogP contribution in [0.25, 0.3) is 0 Å². The highest BCUT2D eigenvalue weighted by molar-refractivity contribution is 9.10. The summed E-state index contributed by atoms with van der Waals surface area (Å²) in [6.45, 7) is 2.19. The van der Waals surface area contributed by atoms with Crippen molar-refractivity contribution >= 4 is 15.9 Å². The molecule has 1 aromatic heterocycles. The topological polar surface area (TPSA) is 24.9 Å². The number of hydrogen-bond acceptors (Lipinski definition) is 2. The molecule has 0 bridgehead atoms. The lowest BCUT2D eigenvalue weighted by molar-refractivity contribution is 0.409. The molecule has 1 N–H and O–H groups in total. The van der Waals surface area contributed by atoms with Crippen LogP contribution in [0, 0.1) is 0 Å². The maximum Gasteiger partial charge on any atom is 0.0570 e. The predicted molar refractivity (Wildman–Crippen MR) is 85.7 cm³/mol. The molecule has 1 heterocycles. The summed E-state index contributed by atoms with van der Waals surface area (Å²) in [7, 11) is 0. The van der Waals surface area contributed by atoms with Crippen molar-refractivity contribution in [3.63, 3.8) is 0 Å². The first kappa shape index (κ1) is 13.8. The van der Waals surface area contributed by atoms with Crippen LogP contribution in [0.1, 0.15) is 36.2 Å². The zero-order chi connectivity index (χ0) is 13.9. The Morgan fingerprint density at radius 2 is 2.15 bits per heavy atom. The van der Waals surface area contributed by atoms with Crippen molar-refractivity contribution in [3.8, 4) is 0 Å². The number of nitrogens with zero attached hydrogens (tertiary/aromatic N) is 1. The average Bonchev–Trinajstić information content (AvgIpc) is 2.48. The molecule has 1 aromatic carbocycles. The second-order valence-corrected chi connectivity index (χ2v) is 6.41. The van der Waals surface area contributed by atoms with Crippen LogP contribution in [-0.4, -0.2) is 11.0 Å². The molecule has 3 rings (SSSR count). The van der Waals surface area contributed by atoms with Crippen molar-refractivity contribution in [2.75, 3.05) is 0 Å². The Labute approximate surface area is 128 Å². The lowest BCUT2D eigenvalue weighted by atomic mass is 9.88. The zero-order valence-electron chi connectivity index (χ0n) is 11.6. The van der Waals surface area contributed by atoms with Crippen LogP contribution < -0.4 is 5.32 Å². The molecule has 0 saturated carbocycles. The first-order chi connectivity index (χ1) is 9.72. The Bertz CT molecular complexity index is 583. The number of rotatable bonds is 3. The van der Waals surface area contributed by atoms with E-state index in [1.54, 1.807) is 0 Å². The van der Waals surface area contributed by atoms with Gasteiger partial charge in [-0.1, -0.05) is 28.1 Å². The van der Waals surface area contributed by atoms with Gasteiger partial charge < -0.3 is 5.32 Å². The lowest BCUT2D eigenvalue weighted by Crippen LogP contribution is -2.36. The fourth-order valence-corrected chi connectivity index (χ4v) is 3.35. The van der Waals surface area contributed by atoms with Gasteiger partial charge in [0.15, 0.2) is 0 Å². The summed E-state index contributed by atoms with van der Waals surface area (Å²) in [4.78, 5) is 4.43. The highest BCUT2D eigenvalue weighted by Gasteiger charge is 2.20. The molecule has 2 nitrogen and oxygen atoms in total. The van der Waals surface area contributed by atoms with E-state index in [9.17, 15) is 0 Å². The molecular weight excluding hydrogens is 312 g/mol. The van der Waals surface area contributed by atoms with Crippen molar-refractivity contribution in [1.82, 2.24) is 10.3 Å². The van der Waals surface area contributed by atoms with E-state index in [-0.39, 0.29) is 0 Å². The van der Waals surface area contributed by atoms with Crippen molar-refractivity contribution in [3.05, 3.63) is 63.9 Å². The van der Waals surface area contributed by atoms with E-state index in [4.69, 9.17) is 0 Å². The summed E-state index contributed by atoms with van der Waals surface area (Å²) >= 11 is 3.55. The number of hydrogen-bond donors (Lipinski definition) is 1. The van der Waals surface area contributed by atoms with Gasteiger partial charge in [0.1, 0.15) is 0 Å². The summed E-state index contributed by atoms with van der Waals surface area (Å²) in [6.07, 6.45) is 5.32. The molecule has 3 heteroatoms. The summed E-state index contributed by atoms with van der Waals surface area (Å²) in [5, 5.41) is 3.72. The summed E-state index contributed by atoms with van der Waals surface area (Å²) < 4.78 is 1.18. The number of fused-ring (bicyclic) bond motifs is 1. The molecule has 104 valence electrons. The zero-order valence-corrected chi connectivity index (χ0v) is 13.2. The van der Waals surface area contributed by atoms with Crippen LogP contribution >= 0.6 is 15.9 Å². The third kappa shape index (κ3) is 3.10. The van der Waals surface area contributed by atoms with Gasteiger partial charge in [-0.15, -0.1) is 0 Å². The van der Waals surface area contributed by atoms with Crippen molar-refractivity contribution < 1.29 is 0 Å². The number of aryl methyl sites for hydroxylation is 1. The first-order valence-electron chi connectivity index (χ1n) is 7.16. The standard InChI is InChI=1S/C17H19BrN2/c1-12(17-4-2-3-9-19-17)20-16-8-6-13-10-15(18)7-5-14(13)11-16/h2-5,7,9-10,12,16,20H,6,8,11H2,1H3. The van der Waals surface area contributed by atoms with E-state index in [1.807, 2.05) is 18.3 Å². The predicted octanol–water partition coefficient (Wildman–Crippen LogP) is 4.05. The van der Waals surface area contributed by atoms with E-state index in [0.717, 1.165) is 18.5 Å². The van der Waals surface area contributed by atoms with Gasteiger partial charge in [-0.3, -0.25) is 4.98 Å². The van der Waals surface area contributed by atoms with Crippen LogP contribution in [0.2, 0.25) is 0 Å². The van der Waals surface area contributed by atoms with E-state index in [1.165, 1.54) is 22.0 Å². The maximum absolute atomic E-state index is 4.43. The molecule has 0 amide bonds. The SMILES string of the molecule is CC(NC1CCc2cc(Br)ccc2C1)c1ccccn1. The van der Waals surface area contributed by atoms with Gasteiger partial charge >= 0.3 is 0 Å². The van der Waals surface area contributed by atoms with Gasteiger partial charge in [-0.05, 0) is 61.6 Å². The van der Waals surface area contributed by atoms with E-state index in [2.05, 4.69) is 57.4 Å². The molecular formula is C17H19BrN2. The quantitative estimate of drug-likeness (QED) is 0.918. The van der Waals surface area contributed by atoms with E-state index in [0.29, 0.717) is 12.1 Å². The maximum atomic E-state index is 4.43. The minimum atomic E-state index is 0.304. The second-order valence-electron chi connectivity index (χ2n) is 5.50. The molecule has 0 fully saturated rings. The average molecular weight is 331 g/mol. The third-order valence-corrected chi connectivity index (χ3v) is 4.51. The summed E-state index contributed by atoms with van der Waals surface area (Å²) in [6, 6.07) is 13.6. The molecule has 0 aliphatic heterocycles. The molecule has 1 aliphatic carbocycles. The van der Waals surface area contributed by atoms with Gasteiger partial charge in [0.25, 0.3) is 0 Å². The highest BCUT2D eigenvalue weighted by Crippen LogP contribution is 2.26. The minimum Gasteiger partial charge on any atom is -0.306 e. The molecule has 0 spiro atoms. The third-order valence-electron chi connectivity index (χ3n) is 4.01. The van der Waals surface area contributed by atoms with Crippen LogP contribution in [0.5, 0.6) is 0 Å². The largest absolute Gasteiger partial charge is 0.306 e. The normalized spacial score (nSPS) is 19.4. The molecule has 2 unspecified atom stereocenters. The van der Waals surface area contributed by atoms with Crippen LogP contribution in [-0.2, 0) is 12.8 Å². The van der Waals surface area contributed by atoms with Gasteiger partial charge in [-0.25, -0.2) is 0 Å². The number of nitrogens with one attached hydrogen (secondary N) is 1. The van der Waals surface area contributed by atoms with Gasteiger partial charge in [0, 0.05) is 22.8 Å². The van der Waals surface area contributed by atoms with Gasteiger partial charge in [-0.2, -0.15) is 0 Å². The Kier molecular flexibility index (Phi) is 4.18. The number of halogens is 1. The summed E-state index contributed by atoms with van der Waals surface area (Å²) in [5.74, 6) is 0. The number of pyridine rings is 1. The van der Waals surface area contributed by atoms with Crippen molar-refractivity contribution in [2.45, 2.75) is 38.3 Å². The Hall–Kier alpha value is -1.19. The monoisotopic (exact) mass is 330 g/mol. The first-order valence-corrected chi connectivity index (χ1v) is 7.96.